The van der Waals surface area contributed by atoms with Crippen LogP contribution in [0.1, 0.15) is 49.7 Å². The summed E-state index contributed by atoms with van der Waals surface area (Å²) in [5, 5.41) is 53.5. The Hall–Kier alpha value is -3.27. The van der Waals surface area contributed by atoms with E-state index in [4.69, 9.17) is 27.2 Å². The second-order valence-electron chi connectivity index (χ2n) is 12.8. The molecule has 12 nitrogen and oxygen atoms in total. The summed E-state index contributed by atoms with van der Waals surface area (Å²) >= 11 is 8.20. The third-order valence-corrected chi connectivity index (χ3v) is 10.5. The molecule has 5 rings (SSSR count). The molecule has 1 heterocycles. The SMILES string of the molecule is NC(=O)CCN(CCCSc1ccc(Cl)c(CNC2(c3cnccc3-c3ccccc3OC3CC3)CC2)c1)C(=O)[C@@H](O)[C@@H](O)[C@H](O)[C@@H](O)CO. The largest absolute Gasteiger partial charge is 0.490 e. The van der Waals surface area contributed by atoms with Crippen molar-refractivity contribution in [3.8, 4) is 16.9 Å². The van der Waals surface area contributed by atoms with Crippen molar-refractivity contribution in [2.24, 2.45) is 5.73 Å². The van der Waals surface area contributed by atoms with Crippen molar-refractivity contribution in [1.29, 1.82) is 0 Å². The second-order valence-corrected chi connectivity index (χ2v) is 14.4. The van der Waals surface area contributed by atoms with Crippen LogP contribution in [0.15, 0.2) is 65.8 Å². The highest BCUT2D eigenvalue weighted by molar-refractivity contribution is 7.99. The predicted octanol–water partition coefficient (Wildman–Crippen LogP) is 2.34. The maximum Gasteiger partial charge on any atom is 0.254 e. The fourth-order valence-corrected chi connectivity index (χ4v) is 6.84. The van der Waals surface area contributed by atoms with E-state index in [1.165, 1.54) is 4.90 Å². The molecule has 0 aliphatic heterocycles. The Morgan fingerprint density at radius 1 is 1.06 bits per heavy atom. The monoisotopic (exact) mass is 728 g/mol. The van der Waals surface area contributed by atoms with Gasteiger partial charge in [-0.15, -0.1) is 11.8 Å². The number of pyridine rings is 1. The minimum atomic E-state index is -2.08. The fraction of sp³-hybridized carbons (Fsp3) is 0.472. The number of thioether (sulfide) groups is 1. The number of carbonyl (C=O) groups is 2. The number of aromatic nitrogens is 1. The van der Waals surface area contributed by atoms with Crippen LogP contribution in [0.3, 0.4) is 0 Å². The van der Waals surface area contributed by atoms with Crippen molar-refractivity contribution in [1.82, 2.24) is 15.2 Å². The van der Waals surface area contributed by atoms with Crippen molar-refractivity contribution in [2.75, 3.05) is 25.4 Å². The number of amides is 2. The summed E-state index contributed by atoms with van der Waals surface area (Å²) in [4.78, 5) is 31.0. The molecule has 3 aromatic rings. The van der Waals surface area contributed by atoms with Crippen molar-refractivity contribution in [2.45, 2.75) is 86.0 Å². The van der Waals surface area contributed by atoms with Crippen LogP contribution in [0.5, 0.6) is 5.75 Å². The molecule has 2 saturated carbocycles. The summed E-state index contributed by atoms with van der Waals surface area (Å²) in [6.07, 6.45) is 0.580. The molecular formula is C36H45ClN4O8S. The molecule has 0 unspecified atom stereocenters. The molecule has 2 aliphatic carbocycles. The molecule has 270 valence electrons. The highest BCUT2D eigenvalue weighted by Gasteiger charge is 2.46. The van der Waals surface area contributed by atoms with Crippen LogP contribution in [-0.2, 0) is 21.7 Å². The molecular weight excluding hydrogens is 684 g/mol. The van der Waals surface area contributed by atoms with Crippen molar-refractivity contribution in [3.05, 3.63) is 77.1 Å². The summed E-state index contributed by atoms with van der Waals surface area (Å²) in [6.45, 7) is -0.304. The van der Waals surface area contributed by atoms with Gasteiger partial charge in [-0.1, -0.05) is 29.8 Å². The number of carbonyl (C=O) groups excluding carboxylic acids is 2. The quantitative estimate of drug-likeness (QED) is 0.0666. The molecule has 2 aliphatic rings. The second kappa shape index (κ2) is 17.3. The van der Waals surface area contributed by atoms with E-state index < -0.39 is 42.8 Å². The van der Waals surface area contributed by atoms with Gasteiger partial charge in [0.15, 0.2) is 6.10 Å². The van der Waals surface area contributed by atoms with E-state index >= 15 is 0 Å². The lowest BCUT2D eigenvalue weighted by Gasteiger charge is -2.29. The van der Waals surface area contributed by atoms with Gasteiger partial charge in [-0.05, 0) is 84.9 Å². The van der Waals surface area contributed by atoms with E-state index in [0.29, 0.717) is 23.7 Å². The van der Waals surface area contributed by atoms with Crippen molar-refractivity contribution in [3.63, 3.8) is 0 Å². The van der Waals surface area contributed by atoms with E-state index in [1.807, 2.05) is 54.9 Å². The zero-order valence-electron chi connectivity index (χ0n) is 27.7. The number of primary amides is 1. The van der Waals surface area contributed by atoms with E-state index in [2.05, 4.69) is 16.4 Å². The minimum Gasteiger partial charge on any atom is -0.490 e. The number of nitrogens with two attached hydrogens (primary N) is 1. The first-order chi connectivity index (χ1) is 24.0. The van der Waals surface area contributed by atoms with Gasteiger partial charge in [0.05, 0.1) is 12.7 Å². The number of para-hydroxylation sites is 1. The highest BCUT2D eigenvalue weighted by Crippen LogP contribution is 2.50. The van der Waals surface area contributed by atoms with Crippen LogP contribution in [0.2, 0.25) is 5.02 Å². The molecule has 1 aromatic heterocycles. The van der Waals surface area contributed by atoms with E-state index in [1.54, 1.807) is 11.8 Å². The van der Waals surface area contributed by atoms with Crippen LogP contribution in [0.25, 0.3) is 11.1 Å². The maximum atomic E-state index is 13.0. The standard InChI is InChI=1S/C36H45ClN4O8S/c37-28-9-8-24(50-17-3-15-41(16-11-31(38)44)35(48)34(47)33(46)32(45)29(43)21-42)18-22(28)19-40-36(12-13-36)27-20-39-14-10-25(27)26-4-1-2-5-30(26)49-23-6-7-23/h1-2,4-5,8-10,14,18,20,23,29,32-34,40,42-43,45-47H,3,6-7,11-13,15-17,19,21H2,(H2,38,44)/t29-,32+,33-,34-/m0/s1. The first-order valence-electron chi connectivity index (χ1n) is 16.8. The number of hydrogen-bond acceptors (Lipinski definition) is 11. The number of aliphatic hydroxyl groups is 5. The van der Waals surface area contributed by atoms with Crippen LogP contribution in [0, 0.1) is 0 Å². The number of nitrogens with one attached hydrogen (secondary N) is 1. The Bertz CT molecular complexity index is 1620. The molecule has 2 fully saturated rings. The topological polar surface area (TPSA) is 199 Å². The molecule has 0 saturated heterocycles. The van der Waals surface area contributed by atoms with Gasteiger partial charge in [-0.25, -0.2) is 0 Å². The Morgan fingerprint density at radius 3 is 2.52 bits per heavy atom. The van der Waals surface area contributed by atoms with Gasteiger partial charge in [0.1, 0.15) is 24.1 Å². The van der Waals surface area contributed by atoms with Crippen molar-refractivity contribution >= 4 is 35.2 Å². The lowest BCUT2D eigenvalue weighted by Crippen LogP contribution is -2.53. The normalized spacial score (nSPS) is 17.4. The summed E-state index contributed by atoms with van der Waals surface area (Å²) in [5.74, 6) is -0.121. The van der Waals surface area contributed by atoms with Gasteiger partial charge in [0, 0.05) is 59.5 Å². The molecule has 0 bridgehead atoms. The van der Waals surface area contributed by atoms with Crippen LogP contribution in [-0.4, -0.2) is 103 Å². The number of rotatable bonds is 20. The molecule has 2 amide bonds. The van der Waals surface area contributed by atoms with Crippen LogP contribution < -0.4 is 15.8 Å². The summed E-state index contributed by atoms with van der Waals surface area (Å²) < 4.78 is 6.24. The third-order valence-electron chi connectivity index (χ3n) is 9.00. The number of halogens is 1. The lowest BCUT2D eigenvalue weighted by molar-refractivity contribution is -0.158. The molecule has 0 spiro atoms. The third kappa shape index (κ3) is 9.74. The first-order valence-corrected chi connectivity index (χ1v) is 18.2. The Balaban J connectivity index is 1.19. The minimum absolute atomic E-state index is 0.0997. The highest BCUT2D eigenvalue weighted by atomic mass is 35.5. The van der Waals surface area contributed by atoms with Gasteiger partial charge in [-0.3, -0.25) is 14.6 Å². The lowest BCUT2D eigenvalue weighted by atomic mass is 9.94. The number of nitrogens with zero attached hydrogens (tertiary/aromatic N) is 2. The summed E-state index contributed by atoms with van der Waals surface area (Å²) in [6, 6.07) is 16.0. The first kappa shape index (κ1) is 38.0. The molecule has 50 heavy (non-hydrogen) atoms. The average molecular weight is 729 g/mol. The van der Waals surface area contributed by atoms with Gasteiger partial charge < -0.3 is 46.2 Å². The molecule has 4 atom stereocenters. The van der Waals surface area contributed by atoms with Crippen LogP contribution in [0.4, 0.5) is 0 Å². The predicted molar refractivity (Wildman–Crippen MR) is 189 cm³/mol. The zero-order chi connectivity index (χ0) is 35.8. The van der Waals surface area contributed by atoms with Gasteiger partial charge in [0.25, 0.3) is 5.91 Å². The molecule has 2 aromatic carbocycles. The smallest absolute Gasteiger partial charge is 0.254 e. The fourth-order valence-electron chi connectivity index (χ4n) is 5.75. The van der Waals surface area contributed by atoms with Crippen molar-refractivity contribution < 1.29 is 39.9 Å². The average Bonchev–Trinajstić information content (AvgIpc) is 4.07. The Labute approximate surface area is 300 Å². The van der Waals surface area contributed by atoms with E-state index in [9.17, 15) is 30.0 Å². The molecule has 14 heteroatoms. The summed E-state index contributed by atoms with van der Waals surface area (Å²) in [5.41, 5.74) is 9.24. The van der Waals surface area contributed by atoms with E-state index in [-0.39, 0.29) is 31.2 Å². The van der Waals surface area contributed by atoms with Crippen LogP contribution >= 0.6 is 23.4 Å². The van der Waals surface area contributed by atoms with E-state index in [0.717, 1.165) is 58.6 Å². The number of ether oxygens (including phenoxy) is 1. The maximum absolute atomic E-state index is 13.0. The summed E-state index contributed by atoms with van der Waals surface area (Å²) in [7, 11) is 0. The van der Waals surface area contributed by atoms with Gasteiger partial charge in [0.2, 0.25) is 5.91 Å². The number of aliphatic hydroxyl groups excluding tert-OH is 5. The Kier molecular flexibility index (Phi) is 13.1. The molecule has 8 N–H and O–H groups in total. The Morgan fingerprint density at radius 2 is 1.82 bits per heavy atom. The van der Waals surface area contributed by atoms with Gasteiger partial charge in [-0.2, -0.15) is 0 Å². The number of benzene rings is 2. The number of hydrogen-bond donors (Lipinski definition) is 7. The van der Waals surface area contributed by atoms with Gasteiger partial charge >= 0.3 is 0 Å². The molecule has 0 radical (unpaired) electrons. The zero-order valence-corrected chi connectivity index (χ0v) is 29.2.